The first-order valence-electron chi connectivity index (χ1n) is 8.73. The van der Waals surface area contributed by atoms with Gasteiger partial charge in [-0.25, -0.2) is 0 Å². The quantitative estimate of drug-likeness (QED) is 0.848. The Hall–Kier alpha value is -2.14. The highest BCUT2D eigenvalue weighted by Crippen LogP contribution is 2.27. The Labute approximate surface area is 143 Å². The summed E-state index contributed by atoms with van der Waals surface area (Å²) in [6.45, 7) is 4.49. The molecule has 1 aliphatic heterocycles. The van der Waals surface area contributed by atoms with Gasteiger partial charge in [-0.15, -0.1) is 0 Å². The molecule has 3 rings (SSSR count). The summed E-state index contributed by atoms with van der Waals surface area (Å²) in [4.78, 5) is 17.4. The number of likely N-dealkylation sites (N-methyl/N-ethyl adjacent to an activating group) is 1. The number of benzene rings is 1. The van der Waals surface area contributed by atoms with Gasteiger partial charge < -0.3 is 4.90 Å². The number of amides is 1. The standard InChI is InChI=1S/C19H26N4O/c1-3-21(2)18(16-9-5-4-6-10-16)19(24)22-13-7-11-17(15-22)23-14-8-12-20-23/h4-6,8-10,12,14,17-18H,3,7,11,13,15H2,1-2H3/t17-,18+/m1/s1. The Bertz CT molecular complexity index is 641. The summed E-state index contributed by atoms with van der Waals surface area (Å²) in [5, 5.41) is 4.36. The Morgan fingerprint density at radius 1 is 1.33 bits per heavy atom. The largest absolute Gasteiger partial charge is 0.339 e. The fourth-order valence-corrected chi connectivity index (χ4v) is 3.44. The number of carbonyl (C=O) groups is 1. The van der Waals surface area contributed by atoms with Gasteiger partial charge in [0.2, 0.25) is 5.91 Å². The molecule has 5 heteroatoms. The summed E-state index contributed by atoms with van der Waals surface area (Å²) < 4.78 is 1.99. The zero-order valence-corrected chi connectivity index (χ0v) is 14.5. The van der Waals surface area contributed by atoms with E-state index in [1.165, 1.54) is 0 Å². The van der Waals surface area contributed by atoms with Crippen molar-refractivity contribution in [2.45, 2.75) is 31.8 Å². The maximum absolute atomic E-state index is 13.3. The molecule has 0 aliphatic carbocycles. The Kier molecular flexibility index (Phi) is 5.30. The third kappa shape index (κ3) is 3.51. The predicted molar refractivity (Wildman–Crippen MR) is 94.6 cm³/mol. The normalized spacial score (nSPS) is 19.5. The molecule has 0 unspecified atom stereocenters. The van der Waals surface area contributed by atoms with E-state index in [4.69, 9.17) is 0 Å². The lowest BCUT2D eigenvalue weighted by Crippen LogP contribution is -2.46. The maximum Gasteiger partial charge on any atom is 0.244 e. The number of likely N-dealkylation sites (tertiary alicyclic amines) is 1. The second-order valence-corrected chi connectivity index (χ2v) is 6.45. The molecule has 1 aliphatic rings. The van der Waals surface area contributed by atoms with Crippen molar-refractivity contribution >= 4 is 5.91 Å². The van der Waals surface area contributed by atoms with Crippen molar-refractivity contribution in [2.24, 2.45) is 0 Å². The molecule has 5 nitrogen and oxygen atoms in total. The first-order valence-corrected chi connectivity index (χ1v) is 8.73. The molecule has 0 saturated carbocycles. The van der Waals surface area contributed by atoms with Crippen LogP contribution in [0.5, 0.6) is 0 Å². The second-order valence-electron chi connectivity index (χ2n) is 6.45. The first kappa shape index (κ1) is 16.7. The molecule has 2 heterocycles. The number of aromatic nitrogens is 2. The summed E-state index contributed by atoms with van der Waals surface area (Å²) in [6, 6.07) is 12.1. The van der Waals surface area contributed by atoms with E-state index in [-0.39, 0.29) is 18.0 Å². The number of hydrogen-bond acceptors (Lipinski definition) is 3. The van der Waals surface area contributed by atoms with Gasteiger partial charge in [-0.1, -0.05) is 37.3 Å². The molecule has 2 atom stereocenters. The van der Waals surface area contributed by atoms with Crippen LogP contribution in [-0.2, 0) is 4.79 Å². The number of hydrogen-bond donors (Lipinski definition) is 0. The van der Waals surface area contributed by atoms with Crippen molar-refractivity contribution in [1.82, 2.24) is 19.6 Å². The summed E-state index contributed by atoms with van der Waals surface area (Å²) in [5.41, 5.74) is 1.06. The third-order valence-corrected chi connectivity index (χ3v) is 4.90. The summed E-state index contributed by atoms with van der Waals surface area (Å²) >= 11 is 0. The van der Waals surface area contributed by atoms with E-state index in [0.717, 1.165) is 38.0 Å². The fourth-order valence-electron chi connectivity index (χ4n) is 3.44. The van der Waals surface area contributed by atoms with E-state index < -0.39 is 0 Å². The van der Waals surface area contributed by atoms with Crippen molar-refractivity contribution in [3.05, 3.63) is 54.4 Å². The minimum atomic E-state index is -0.215. The maximum atomic E-state index is 13.3. The van der Waals surface area contributed by atoms with Crippen LogP contribution in [0, 0.1) is 0 Å². The number of rotatable bonds is 5. The monoisotopic (exact) mass is 326 g/mol. The summed E-state index contributed by atoms with van der Waals surface area (Å²) in [6.07, 6.45) is 5.89. The number of nitrogens with zero attached hydrogens (tertiary/aromatic N) is 4. The second kappa shape index (κ2) is 7.62. The highest BCUT2D eigenvalue weighted by atomic mass is 16.2. The lowest BCUT2D eigenvalue weighted by molar-refractivity contribution is -0.138. The zero-order valence-electron chi connectivity index (χ0n) is 14.5. The molecule has 128 valence electrons. The van der Waals surface area contributed by atoms with Crippen LogP contribution in [0.2, 0.25) is 0 Å². The van der Waals surface area contributed by atoms with E-state index in [1.807, 2.05) is 59.2 Å². The molecule has 0 radical (unpaired) electrons. The first-order chi connectivity index (χ1) is 11.7. The van der Waals surface area contributed by atoms with Crippen molar-refractivity contribution in [3.8, 4) is 0 Å². The van der Waals surface area contributed by atoms with Gasteiger partial charge >= 0.3 is 0 Å². The number of carbonyl (C=O) groups excluding carboxylic acids is 1. The Morgan fingerprint density at radius 3 is 2.79 bits per heavy atom. The van der Waals surface area contributed by atoms with E-state index >= 15 is 0 Å². The van der Waals surface area contributed by atoms with Gasteiger partial charge in [0.05, 0.1) is 6.04 Å². The van der Waals surface area contributed by atoms with Crippen molar-refractivity contribution in [1.29, 1.82) is 0 Å². The lowest BCUT2D eigenvalue weighted by atomic mass is 10.0. The van der Waals surface area contributed by atoms with Gasteiger partial charge in [0.1, 0.15) is 6.04 Å². The van der Waals surface area contributed by atoms with E-state index in [9.17, 15) is 4.79 Å². The highest BCUT2D eigenvalue weighted by molar-refractivity contribution is 5.83. The summed E-state index contributed by atoms with van der Waals surface area (Å²) in [5.74, 6) is 0.197. The third-order valence-electron chi connectivity index (χ3n) is 4.90. The smallest absolute Gasteiger partial charge is 0.244 e. The molecular formula is C19H26N4O. The van der Waals surface area contributed by atoms with Gasteiger partial charge in [0.15, 0.2) is 0 Å². The van der Waals surface area contributed by atoms with E-state index in [0.29, 0.717) is 0 Å². The molecular weight excluding hydrogens is 300 g/mol. The molecule has 0 bridgehead atoms. The van der Waals surface area contributed by atoms with Crippen molar-refractivity contribution < 1.29 is 4.79 Å². The minimum absolute atomic E-state index is 0.197. The Balaban J connectivity index is 1.79. The average molecular weight is 326 g/mol. The zero-order chi connectivity index (χ0) is 16.9. The topological polar surface area (TPSA) is 41.4 Å². The molecule has 1 fully saturated rings. The number of piperidine rings is 1. The SMILES string of the molecule is CCN(C)[C@H](C(=O)N1CCC[C@@H](n2cccn2)C1)c1ccccc1. The van der Waals surface area contributed by atoms with Crippen molar-refractivity contribution in [3.63, 3.8) is 0 Å². The predicted octanol–water partition coefficient (Wildman–Crippen LogP) is 2.74. The molecule has 1 amide bonds. The van der Waals surface area contributed by atoms with Crippen molar-refractivity contribution in [2.75, 3.05) is 26.7 Å². The van der Waals surface area contributed by atoms with Crippen LogP contribution in [0.1, 0.15) is 37.4 Å². The lowest BCUT2D eigenvalue weighted by Gasteiger charge is -2.37. The highest BCUT2D eigenvalue weighted by Gasteiger charge is 2.32. The van der Waals surface area contributed by atoms with Gasteiger partial charge in [0.25, 0.3) is 0 Å². The summed E-state index contributed by atoms with van der Waals surface area (Å²) in [7, 11) is 2.02. The van der Waals surface area contributed by atoms with Crippen LogP contribution in [0.4, 0.5) is 0 Å². The molecule has 2 aromatic rings. The molecule has 1 aromatic carbocycles. The van der Waals surface area contributed by atoms with Crippen LogP contribution in [0.3, 0.4) is 0 Å². The van der Waals surface area contributed by atoms with E-state index in [1.54, 1.807) is 6.20 Å². The van der Waals surface area contributed by atoms with Crippen LogP contribution < -0.4 is 0 Å². The van der Waals surface area contributed by atoms with Gasteiger partial charge in [-0.2, -0.15) is 5.10 Å². The minimum Gasteiger partial charge on any atom is -0.339 e. The average Bonchev–Trinajstić information content (AvgIpc) is 3.17. The van der Waals surface area contributed by atoms with Crippen LogP contribution >= 0.6 is 0 Å². The van der Waals surface area contributed by atoms with E-state index in [2.05, 4.69) is 16.9 Å². The van der Waals surface area contributed by atoms with Gasteiger partial charge in [0, 0.05) is 25.5 Å². The molecule has 1 aromatic heterocycles. The van der Waals surface area contributed by atoms with Gasteiger partial charge in [-0.05, 0) is 38.1 Å². The fraction of sp³-hybridized carbons (Fsp3) is 0.474. The molecule has 1 saturated heterocycles. The van der Waals surface area contributed by atoms with Crippen LogP contribution in [-0.4, -0.2) is 52.2 Å². The Morgan fingerprint density at radius 2 is 2.12 bits per heavy atom. The molecule has 24 heavy (non-hydrogen) atoms. The molecule has 0 spiro atoms. The van der Waals surface area contributed by atoms with Crippen LogP contribution in [0.15, 0.2) is 48.8 Å². The molecule has 0 N–H and O–H groups in total. The van der Waals surface area contributed by atoms with Crippen LogP contribution in [0.25, 0.3) is 0 Å². The van der Waals surface area contributed by atoms with Gasteiger partial charge in [-0.3, -0.25) is 14.4 Å².